The Morgan fingerprint density at radius 2 is 1.86 bits per heavy atom. The summed E-state index contributed by atoms with van der Waals surface area (Å²) in [7, 11) is 2.07. The van der Waals surface area contributed by atoms with Gasteiger partial charge in [0.05, 0.1) is 16.1 Å². The number of carbonyl (C=O) groups is 1. The molecule has 0 bridgehead atoms. The SMILES string of the molecule is CC1=CC(C)(C)N(C)c2cc(Cl)c(/C=C3\SC(=S)N(c4ccccc4)C3=O)cc21. The second-order valence-corrected chi connectivity index (χ2v) is 9.87. The van der Waals surface area contributed by atoms with Crippen LogP contribution in [0.25, 0.3) is 11.6 Å². The van der Waals surface area contributed by atoms with Crippen molar-refractivity contribution in [3.63, 3.8) is 0 Å². The first-order chi connectivity index (χ1) is 13.7. The maximum atomic E-state index is 13.0. The zero-order valence-corrected chi connectivity index (χ0v) is 19.1. The van der Waals surface area contributed by atoms with Gasteiger partial charge in [0.25, 0.3) is 5.91 Å². The Hall–Kier alpha value is -2.08. The molecule has 0 saturated carbocycles. The number of fused-ring (bicyclic) bond motifs is 1. The smallest absolute Gasteiger partial charge is 0.270 e. The lowest BCUT2D eigenvalue weighted by molar-refractivity contribution is -0.113. The number of nitrogens with zero attached hydrogens (tertiary/aromatic N) is 2. The van der Waals surface area contributed by atoms with Gasteiger partial charge in [-0.05, 0) is 62.2 Å². The van der Waals surface area contributed by atoms with Gasteiger partial charge >= 0.3 is 0 Å². The first-order valence-corrected chi connectivity index (χ1v) is 10.9. The van der Waals surface area contributed by atoms with E-state index in [0.29, 0.717) is 14.2 Å². The van der Waals surface area contributed by atoms with E-state index in [4.69, 9.17) is 23.8 Å². The van der Waals surface area contributed by atoms with Crippen molar-refractivity contribution >= 4 is 68.8 Å². The van der Waals surface area contributed by atoms with Gasteiger partial charge in [-0.2, -0.15) is 0 Å². The van der Waals surface area contributed by atoms with Gasteiger partial charge in [0.1, 0.15) is 0 Å². The van der Waals surface area contributed by atoms with Crippen LogP contribution in [0.5, 0.6) is 0 Å². The van der Waals surface area contributed by atoms with E-state index in [-0.39, 0.29) is 11.4 Å². The lowest BCUT2D eigenvalue weighted by atomic mass is 9.88. The first-order valence-electron chi connectivity index (χ1n) is 9.29. The van der Waals surface area contributed by atoms with Crippen LogP contribution in [0.15, 0.2) is 53.4 Å². The highest BCUT2D eigenvalue weighted by atomic mass is 35.5. The molecule has 4 rings (SSSR count). The van der Waals surface area contributed by atoms with Crippen molar-refractivity contribution in [1.82, 2.24) is 0 Å². The van der Waals surface area contributed by atoms with Crippen LogP contribution in [0.4, 0.5) is 11.4 Å². The topological polar surface area (TPSA) is 23.6 Å². The van der Waals surface area contributed by atoms with Crippen LogP contribution >= 0.6 is 35.6 Å². The molecule has 29 heavy (non-hydrogen) atoms. The van der Waals surface area contributed by atoms with Gasteiger partial charge in [-0.1, -0.05) is 59.9 Å². The highest BCUT2D eigenvalue weighted by molar-refractivity contribution is 8.27. The fraction of sp³-hybridized carbons (Fsp3) is 0.217. The molecule has 2 aliphatic rings. The number of allylic oxidation sites excluding steroid dienone is 1. The van der Waals surface area contributed by atoms with Crippen molar-refractivity contribution in [2.45, 2.75) is 26.3 Å². The maximum absolute atomic E-state index is 13.0. The summed E-state index contributed by atoms with van der Waals surface area (Å²) in [5.41, 5.74) is 4.93. The molecule has 148 valence electrons. The second-order valence-electron chi connectivity index (χ2n) is 7.78. The summed E-state index contributed by atoms with van der Waals surface area (Å²) < 4.78 is 0.527. The minimum atomic E-state index is -0.120. The summed E-state index contributed by atoms with van der Waals surface area (Å²) in [6, 6.07) is 13.5. The summed E-state index contributed by atoms with van der Waals surface area (Å²) in [4.78, 5) is 17.4. The Bertz CT molecular complexity index is 1090. The number of rotatable bonds is 2. The number of thiocarbonyl (C=S) groups is 1. The van der Waals surface area contributed by atoms with Crippen molar-refractivity contribution in [2.75, 3.05) is 16.8 Å². The largest absolute Gasteiger partial charge is 0.365 e. The van der Waals surface area contributed by atoms with Gasteiger partial charge in [0, 0.05) is 23.3 Å². The Balaban J connectivity index is 1.74. The predicted octanol–water partition coefficient (Wildman–Crippen LogP) is 6.38. The molecule has 0 atom stereocenters. The molecular formula is C23H21ClN2OS2. The molecule has 0 N–H and O–H groups in total. The van der Waals surface area contributed by atoms with Gasteiger partial charge in [0.2, 0.25) is 0 Å². The van der Waals surface area contributed by atoms with E-state index >= 15 is 0 Å². The quantitative estimate of drug-likeness (QED) is 0.399. The summed E-state index contributed by atoms with van der Waals surface area (Å²) in [6.45, 7) is 6.46. The second kappa shape index (κ2) is 7.31. The van der Waals surface area contributed by atoms with Crippen LogP contribution in [0.3, 0.4) is 0 Å². The van der Waals surface area contributed by atoms with E-state index in [1.807, 2.05) is 42.5 Å². The van der Waals surface area contributed by atoms with Crippen molar-refractivity contribution in [3.8, 4) is 0 Å². The molecule has 0 unspecified atom stereocenters. The van der Waals surface area contributed by atoms with Crippen LogP contribution < -0.4 is 9.80 Å². The predicted molar refractivity (Wildman–Crippen MR) is 130 cm³/mol. The van der Waals surface area contributed by atoms with Crippen molar-refractivity contribution in [2.24, 2.45) is 0 Å². The van der Waals surface area contributed by atoms with Crippen LogP contribution in [-0.2, 0) is 4.79 Å². The third-order valence-electron chi connectivity index (χ3n) is 5.43. The zero-order chi connectivity index (χ0) is 20.9. The fourth-order valence-corrected chi connectivity index (χ4v) is 5.21. The van der Waals surface area contributed by atoms with Crippen LogP contribution in [0.2, 0.25) is 5.02 Å². The highest BCUT2D eigenvalue weighted by Crippen LogP contribution is 2.42. The molecule has 2 aromatic rings. The number of carbonyl (C=O) groups excluding carboxylic acids is 1. The number of hydrogen-bond acceptors (Lipinski definition) is 4. The molecule has 2 aliphatic heterocycles. The molecular weight excluding hydrogens is 420 g/mol. The van der Waals surface area contributed by atoms with E-state index in [1.54, 1.807) is 4.90 Å². The number of hydrogen-bond donors (Lipinski definition) is 0. The molecule has 0 spiro atoms. The van der Waals surface area contributed by atoms with E-state index < -0.39 is 0 Å². The average Bonchev–Trinajstić information content (AvgIpc) is 2.95. The number of amides is 1. The lowest BCUT2D eigenvalue weighted by Gasteiger charge is -2.40. The minimum absolute atomic E-state index is 0.0833. The Morgan fingerprint density at radius 1 is 1.17 bits per heavy atom. The maximum Gasteiger partial charge on any atom is 0.270 e. The summed E-state index contributed by atoms with van der Waals surface area (Å²) >= 11 is 13.4. The number of anilines is 2. The van der Waals surface area contributed by atoms with Gasteiger partial charge < -0.3 is 4.90 Å². The molecule has 0 aromatic heterocycles. The zero-order valence-electron chi connectivity index (χ0n) is 16.7. The number of thioether (sulfide) groups is 1. The van der Waals surface area contributed by atoms with Crippen molar-refractivity contribution < 1.29 is 4.79 Å². The van der Waals surface area contributed by atoms with E-state index in [9.17, 15) is 4.79 Å². The molecule has 1 amide bonds. The number of para-hydroxylation sites is 1. The normalized spacial score (nSPS) is 19.6. The summed E-state index contributed by atoms with van der Waals surface area (Å²) in [5.74, 6) is -0.120. The van der Waals surface area contributed by atoms with Gasteiger partial charge in [0.15, 0.2) is 4.32 Å². The monoisotopic (exact) mass is 440 g/mol. The Kier molecular flexibility index (Phi) is 5.09. The van der Waals surface area contributed by atoms with Crippen molar-refractivity contribution in [1.29, 1.82) is 0 Å². The molecule has 1 saturated heterocycles. The van der Waals surface area contributed by atoms with Crippen LogP contribution in [0, 0.1) is 0 Å². The van der Waals surface area contributed by atoms with Crippen LogP contribution in [-0.4, -0.2) is 22.8 Å². The molecule has 0 radical (unpaired) electrons. The molecule has 2 aromatic carbocycles. The number of halogens is 1. The molecule has 0 aliphatic carbocycles. The third-order valence-corrected chi connectivity index (χ3v) is 7.06. The molecule has 2 heterocycles. The van der Waals surface area contributed by atoms with Crippen molar-refractivity contribution in [3.05, 3.63) is 69.6 Å². The molecule has 1 fully saturated rings. The lowest BCUT2D eigenvalue weighted by Crippen LogP contribution is -2.42. The fourth-order valence-electron chi connectivity index (χ4n) is 3.71. The van der Waals surface area contributed by atoms with E-state index in [1.165, 1.54) is 17.3 Å². The Labute approximate surface area is 186 Å². The molecule has 6 heteroatoms. The van der Waals surface area contributed by atoms with Gasteiger partial charge in [-0.15, -0.1) is 0 Å². The standard InChI is InChI=1S/C23H21ClN2OS2/c1-14-13-23(2,3)25(4)19-12-18(24)15(10-17(14)19)11-20-21(27)26(22(28)29-20)16-8-6-5-7-9-16/h5-13H,1-4H3/b20-11-. The summed E-state index contributed by atoms with van der Waals surface area (Å²) in [6.07, 6.45) is 4.10. The van der Waals surface area contributed by atoms with Crippen LogP contribution in [0.1, 0.15) is 31.9 Å². The number of likely N-dealkylation sites (N-methyl/N-ethyl adjacent to an activating group) is 1. The highest BCUT2D eigenvalue weighted by Gasteiger charge is 2.34. The van der Waals surface area contributed by atoms with E-state index in [0.717, 1.165) is 22.5 Å². The number of benzene rings is 2. The molecule has 3 nitrogen and oxygen atoms in total. The third kappa shape index (κ3) is 3.52. The average molecular weight is 441 g/mol. The van der Waals surface area contributed by atoms with Gasteiger partial charge in [-0.25, -0.2) is 0 Å². The van der Waals surface area contributed by atoms with E-state index in [2.05, 4.69) is 44.9 Å². The summed E-state index contributed by atoms with van der Waals surface area (Å²) in [5, 5.41) is 0.617. The minimum Gasteiger partial charge on any atom is -0.365 e. The van der Waals surface area contributed by atoms with Gasteiger partial charge in [-0.3, -0.25) is 9.69 Å². The Morgan fingerprint density at radius 3 is 2.55 bits per heavy atom. The first kappa shape index (κ1) is 20.2.